The van der Waals surface area contributed by atoms with Gasteiger partial charge >= 0.3 is 0 Å². The molecular weight excluding hydrogens is 212 g/mol. The van der Waals surface area contributed by atoms with Crippen molar-refractivity contribution in [2.75, 3.05) is 6.54 Å². The van der Waals surface area contributed by atoms with Crippen LogP contribution in [0.3, 0.4) is 0 Å². The molecular formula is C12H13F2NO. The highest BCUT2D eigenvalue weighted by atomic mass is 19.1. The molecule has 1 heterocycles. The van der Waals surface area contributed by atoms with Crippen molar-refractivity contribution >= 4 is 5.78 Å². The standard InChI is InChI=1S/C12H13F2NO/c1-12(6-3-7-15-12)11(16)10-8(13)4-2-5-9(10)14/h2,4-5,15H,3,6-7H2,1H3. The maximum absolute atomic E-state index is 13.4. The fraction of sp³-hybridized carbons (Fsp3) is 0.417. The van der Waals surface area contributed by atoms with Crippen molar-refractivity contribution in [1.82, 2.24) is 5.32 Å². The molecule has 1 unspecified atom stereocenters. The molecule has 0 bridgehead atoms. The van der Waals surface area contributed by atoms with Crippen LogP contribution in [0.15, 0.2) is 18.2 Å². The number of halogens is 2. The monoisotopic (exact) mass is 225 g/mol. The van der Waals surface area contributed by atoms with E-state index in [0.29, 0.717) is 13.0 Å². The van der Waals surface area contributed by atoms with E-state index in [-0.39, 0.29) is 0 Å². The third kappa shape index (κ3) is 1.73. The molecule has 1 aromatic rings. The molecule has 4 heteroatoms. The first kappa shape index (κ1) is 11.2. The molecule has 0 saturated carbocycles. The largest absolute Gasteiger partial charge is 0.305 e. The average Bonchev–Trinajstić information content (AvgIpc) is 2.66. The zero-order chi connectivity index (χ0) is 11.8. The highest BCUT2D eigenvalue weighted by Crippen LogP contribution is 2.26. The summed E-state index contributed by atoms with van der Waals surface area (Å²) in [5.74, 6) is -2.08. The summed E-state index contributed by atoms with van der Waals surface area (Å²) in [5.41, 5.74) is -1.26. The quantitative estimate of drug-likeness (QED) is 0.782. The van der Waals surface area contributed by atoms with Crippen LogP contribution in [0.4, 0.5) is 8.78 Å². The zero-order valence-electron chi connectivity index (χ0n) is 9.02. The summed E-state index contributed by atoms with van der Waals surface area (Å²) in [7, 11) is 0. The highest BCUT2D eigenvalue weighted by Gasteiger charge is 2.38. The first-order chi connectivity index (χ1) is 7.54. The first-order valence-corrected chi connectivity index (χ1v) is 5.28. The van der Waals surface area contributed by atoms with E-state index in [1.807, 2.05) is 0 Å². The number of benzene rings is 1. The smallest absolute Gasteiger partial charge is 0.188 e. The van der Waals surface area contributed by atoms with Gasteiger partial charge in [0.1, 0.15) is 11.6 Å². The number of hydrogen-bond acceptors (Lipinski definition) is 2. The second kappa shape index (κ2) is 3.94. The fourth-order valence-corrected chi connectivity index (χ4v) is 2.08. The fourth-order valence-electron chi connectivity index (χ4n) is 2.08. The molecule has 1 aliphatic heterocycles. The van der Waals surface area contributed by atoms with Crippen LogP contribution in [0.5, 0.6) is 0 Å². The van der Waals surface area contributed by atoms with Crippen molar-refractivity contribution in [3.63, 3.8) is 0 Å². The summed E-state index contributed by atoms with van der Waals surface area (Å²) < 4.78 is 26.9. The predicted molar refractivity (Wildman–Crippen MR) is 56.3 cm³/mol. The van der Waals surface area contributed by atoms with Crippen molar-refractivity contribution in [3.05, 3.63) is 35.4 Å². The minimum atomic E-state index is -0.830. The van der Waals surface area contributed by atoms with Crippen LogP contribution in [-0.2, 0) is 0 Å². The van der Waals surface area contributed by atoms with Crippen LogP contribution in [0.2, 0.25) is 0 Å². The summed E-state index contributed by atoms with van der Waals surface area (Å²) in [4.78, 5) is 12.1. The Hall–Kier alpha value is -1.29. The Bertz CT molecular complexity index is 405. The number of rotatable bonds is 2. The van der Waals surface area contributed by atoms with E-state index < -0.39 is 28.5 Å². The molecule has 16 heavy (non-hydrogen) atoms. The maximum Gasteiger partial charge on any atom is 0.188 e. The van der Waals surface area contributed by atoms with Crippen LogP contribution in [0.25, 0.3) is 0 Å². The molecule has 0 aromatic heterocycles. The Morgan fingerprint density at radius 2 is 2.00 bits per heavy atom. The molecule has 0 amide bonds. The van der Waals surface area contributed by atoms with Crippen LogP contribution in [-0.4, -0.2) is 17.9 Å². The molecule has 2 rings (SSSR count). The van der Waals surface area contributed by atoms with Crippen LogP contribution in [0, 0.1) is 11.6 Å². The minimum absolute atomic E-state index is 0.431. The van der Waals surface area contributed by atoms with Gasteiger partial charge in [-0.3, -0.25) is 4.79 Å². The molecule has 1 fully saturated rings. The second-order valence-corrected chi connectivity index (χ2v) is 4.29. The van der Waals surface area contributed by atoms with Crippen LogP contribution in [0.1, 0.15) is 30.1 Å². The van der Waals surface area contributed by atoms with Crippen molar-refractivity contribution in [2.24, 2.45) is 0 Å². The summed E-state index contributed by atoms with van der Waals surface area (Å²) in [6, 6.07) is 3.47. The third-order valence-electron chi connectivity index (χ3n) is 3.06. The van der Waals surface area contributed by atoms with Crippen molar-refractivity contribution in [2.45, 2.75) is 25.3 Å². The number of hydrogen-bond donors (Lipinski definition) is 1. The molecule has 1 N–H and O–H groups in total. The van der Waals surface area contributed by atoms with Gasteiger partial charge in [0.25, 0.3) is 0 Å². The van der Waals surface area contributed by atoms with E-state index in [2.05, 4.69) is 5.32 Å². The lowest BCUT2D eigenvalue weighted by Crippen LogP contribution is -2.45. The molecule has 86 valence electrons. The Labute approximate surface area is 92.7 Å². The maximum atomic E-state index is 13.4. The van der Waals surface area contributed by atoms with E-state index in [1.165, 1.54) is 6.07 Å². The molecule has 1 atom stereocenters. The molecule has 2 nitrogen and oxygen atoms in total. The Morgan fingerprint density at radius 1 is 1.38 bits per heavy atom. The Kier molecular flexibility index (Phi) is 2.76. The third-order valence-corrected chi connectivity index (χ3v) is 3.06. The normalized spacial score (nSPS) is 24.7. The van der Waals surface area contributed by atoms with E-state index in [1.54, 1.807) is 6.92 Å². The van der Waals surface area contributed by atoms with E-state index in [0.717, 1.165) is 18.6 Å². The number of nitrogens with one attached hydrogen (secondary N) is 1. The number of carbonyl (C=O) groups excluding carboxylic acids is 1. The molecule has 0 radical (unpaired) electrons. The van der Waals surface area contributed by atoms with Crippen molar-refractivity contribution < 1.29 is 13.6 Å². The van der Waals surface area contributed by atoms with Gasteiger partial charge in [0.2, 0.25) is 0 Å². The van der Waals surface area contributed by atoms with E-state index in [4.69, 9.17) is 0 Å². The van der Waals surface area contributed by atoms with Gasteiger partial charge in [-0.1, -0.05) is 6.07 Å². The number of ketones is 1. The number of carbonyl (C=O) groups is 1. The van der Waals surface area contributed by atoms with Gasteiger partial charge in [-0.25, -0.2) is 8.78 Å². The highest BCUT2D eigenvalue weighted by molar-refractivity contribution is 6.03. The second-order valence-electron chi connectivity index (χ2n) is 4.29. The van der Waals surface area contributed by atoms with Crippen LogP contribution >= 0.6 is 0 Å². The van der Waals surface area contributed by atoms with Crippen molar-refractivity contribution in [1.29, 1.82) is 0 Å². The lowest BCUT2D eigenvalue weighted by molar-refractivity contribution is 0.0875. The first-order valence-electron chi connectivity index (χ1n) is 5.28. The van der Waals surface area contributed by atoms with Gasteiger partial charge in [0, 0.05) is 0 Å². The number of Topliss-reactive ketones (excluding diaryl/α,β-unsaturated/α-hetero) is 1. The molecule has 1 saturated heterocycles. The van der Waals surface area contributed by atoms with Gasteiger partial charge in [-0.05, 0) is 38.4 Å². The van der Waals surface area contributed by atoms with Crippen LogP contribution < -0.4 is 5.32 Å². The summed E-state index contributed by atoms with van der Waals surface area (Å²) in [5, 5.41) is 3.00. The topological polar surface area (TPSA) is 29.1 Å². The molecule has 1 aliphatic rings. The van der Waals surface area contributed by atoms with Gasteiger partial charge in [-0.2, -0.15) is 0 Å². The lowest BCUT2D eigenvalue weighted by Gasteiger charge is -2.22. The van der Waals surface area contributed by atoms with E-state index >= 15 is 0 Å². The SMILES string of the molecule is CC1(C(=O)c2c(F)cccc2F)CCCN1. The lowest BCUT2D eigenvalue weighted by atomic mass is 9.89. The summed E-state index contributed by atoms with van der Waals surface area (Å²) in [6.45, 7) is 2.40. The molecule has 0 aliphatic carbocycles. The zero-order valence-corrected chi connectivity index (χ0v) is 9.02. The van der Waals surface area contributed by atoms with Gasteiger partial charge in [-0.15, -0.1) is 0 Å². The molecule has 0 spiro atoms. The summed E-state index contributed by atoms with van der Waals surface area (Å²) >= 11 is 0. The average molecular weight is 225 g/mol. The Balaban J connectivity index is 2.41. The minimum Gasteiger partial charge on any atom is -0.305 e. The van der Waals surface area contributed by atoms with Gasteiger partial charge in [0.05, 0.1) is 11.1 Å². The van der Waals surface area contributed by atoms with Crippen molar-refractivity contribution in [3.8, 4) is 0 Å². The van der Waals surface area contributed by atoms with Gasteiger partial charge < -0.3 is 5.32 Å². The predicted octanol–water partition coefficient (Wildman–Crippen LogP) is 2.29. The van der Waals surface area contributed by atoms with Gasteiger partial charge in [0.15, 0.2) is 5.78 Å². The van der Waals surface area contributed by atoms with E-state index in [9.17, 15) is 13.6 Å². The summed E-state index contributed by atoms with van der Waals surface area (Å²) in [6.07, 6.45) is 1.46. The Morgan fingerprint density at radius 3 is 2.50 bits per heavy atom. The molecule has 1 aromatic carbocycles.